The summed E-state index contributed by atoms with van der Waals surface area (Å²) in [4.78, 5) is -0.103. The highest BCUT2D eigenvalue weighted by Gasteiger charge is 2.17. The van der Waals surface area contributed by atoms with Gasteiger partial charge >= 0.3 is 0 Å². The number of aromatic amines is 1. The lowest BCUT2D eigenvalue weighted by atomic mass is 10.2. The van der Waals surface area contributed by atoms with Gasteiger partial charge in [-0.2, -0.15) is 5.10 Å². The van der Waals surface area contributed by atoms with Crippen molar-refractivity contribution in [3.63, 3.8) is 0 Å². The summed E-state index contributed by atoms with van der Waals surface area (Å²) in [6, 6.07) is 3.87. The summed E-state index contributed by atoms with van der Waals surface area (Å²) in [6.45, 7) is 1.57. The molecular weight excluding hydrogens is 304 g/mol. The number of aryl methyl sites for hydroxylation is 1. The van der Waals surface area contributed by atoms with Crippen molar-refractivity contribution in [1.82, 2.24) is 10.2 Å². The molecule has 1 heterocycles. The van der Waals surface area contributed by atoms with E-state index in [1.807, 2.05) is 0 Å². The van der Waals surface area contributed by atoms with Crippen LogP contribution in [0.2, 0.25) is 0 Å². The van der Waals surface area contributed by atoms with Gasteiger partial charge in [0, 0.05) is 6.20 Å². The fourth-order valence-corrected chi connectivity index (χ4v) is 3.15. The second kappa shape index (κ2) is 4.89. The van der Waals surface area contributed by atoms with Gasteiger partial charge in [-0.15, -0.1) is 0 Å². The first kappa shape index (κ1) is 14.5. The summed E-state index contributed by atoms with van der Waals surface area (Å²) < 4.78 is 48.7. The number of anilines is 1. The molecule has 1 aromatic carbocycles. The highest BCUT2D eigenvalue weighted by atomic mass is 32.2. The van der Waals surface area contributed by atoms with Crippen molar-refractivity contribution >= 4 is 25.7 Å². The molecule has 108 valence electrons. The molecule has 0 atom stereocenters. The van der Waals surface area contributed by atoms with Crippen molar-refractivity contribution in [2.45, 2.75) is 16.7 Å². The minimum Gasteiger partial charge on any atom is -0.284 e. The van der Waals surface area contributed by atoms with E-state index >= 15 is 0 Å². The largest absolute Gasteiger partial charge is 0.284 e. The third-order valence-electron chi connectivity index (χ3n) is 2.55. The van der Waals surface area contributed by atoms with Gasteiger partial charge in [0.05, 0.1) is 16.8 Å². The van der Waals surface area contributed by atoms with E-state index in [0.29, 0.717) is 5.56 Å². The van der Waals surface area contributed by atoms with Crippen LogP contribution in [0.5, 0.6) is 0 Å². The molecule has 8 nitrogen and oxygen atoms in total. The van der Waals surface area contributed by atoms with Crippen molar-refractivity contribution in [2.75, 3.05) is 4.72 Å². The lowest BCUT2D eigenvalue weighted by Crippen LogP contribution is -2.15. The monoisotopic (exact) mass is 316 g/mol. The Morgan fingerprint density at radius 2 is 1.90 bits per heavy atom. The molecule has 2 aromatic rings. The number of H-pyrrole nitrogens is 1. The Morgan fingerprint density at radius 1 is 1.20 bits per heavy atom. The molecule has 0 bridgehead atoms. The Bertz CT molecular complexity index is 826. The van der Waals surface area contributed by atoms with Crippen LogP contribution in [0.1, 0.15) is 5.56 Å². The number of benzene rings is 1. The van der Waals surface area contributed by atoms with Gasteiger partial charge in [-0.05, 0) is 30.7 Å². The van der Waals surface area contributed by atoms with Gasteiger partial charge in [0.2, 0.25) is 10.0 Å². The van der Waals surface area contributed by atoms with Crippen LogP contribution in [0, 0.1) is 6.92 Å². The van der Waals surface area contributed by atoms with Gasteiger partial charge in [-0.1, -0.05) is 0 Å². The van der Waals surface area contributed by atoms with E-state index in [1.54, 1.807) is 6.92 Å². The molecule has 0 saturated heterocycles. The fourth-order valence-electron chi connectivity index (χ4n) is 1.52. The number of nitrogens with zero attached hydrogens (tertiary/aromatic N) is 1. The third kappa shape index (κ3) is 2.98. The van der Waals surface area contributed by atoms with Crippen LogP contribution in [0.3, 0.4) is 0 Å². The molecule has 4 N–H and O–H groups in total. The summed E-state index contributed by atoms with van der Waals surface area (Å²) in [5.74, 6) is 0. The van der Waals surface area contributed by atoms with Crippen LogP contribution in [-0.2, 0) is 20.0 Å². The number of nitrogens with one attached hydrogen (secondary N) is 2. The van der Waals surface area contributed by atoms with Crippen LogP contribution < -0.4 is 9.86 Å². The molecule has 0 aliphatic carbocycles. The van der Waals surface area contributed by atoms with Crippen molar-refractivity contribution < 1.29 is 16.8 Å². The lowest BCUT2D eigenvalue weighted by Gasteiger charge is -2.10. The normalized spacial score (nSPS) is 12.3. The lowest BCUT2D eigenvalue weighted by molar-refractivity contribution is 0.597. The Labute approximate surface area is 116 Å². The van der Waals surface area contributed by atoms with E-state index < -0.39 is 20.0 Å². The van der Waals surface area contributed by atoms with Crippen molar-refractivity contribution in [2.24, 2.45) is 5.14 Å². The van der Waals surface area contributed by atoms with E-state index in [0.717, 1.165) is 6.20 Å². The topological polar surface area (TPSA) is 135 Å². The van der Waals surface area contributed by atoms with Gasteiger partial charge in [0.25, 0.3) is 10.0 Å². The van der Waals surface area contributed by atoms with E-state index in [2.05, 4.69) is 14.9 Å². The number of hydrogen-bond donors (Lipinski definition) is 3. The van der Waals surface area contributed by atoms with E-state index in [-0.39, 0.29) is 15.5 Å². The van der Waals surface area contributed by atoms with E-state index in [4.69, 9.17) is 5.14 Å². The summed E-state index contributed by atoms with van der Waals surface area (Å²) in [6.07, 6.45) is 2.40. The van der Waals surface area contributed by atoms with Crippen LogP contribution >= 0.6 is 0 Å². The smallest absolute Gasteiger partial charge is 0.265 e. The molecule has 20 heavy (non-hydrogen) atoms. The van der Waals surface area contributed by atoms with E-state index in [9.17, 15) is 16.8 Å². The van der Waals surface area contributed by atoms with Gasteiger partial charge < -0.3 is 0 Å². The standard InChI is InChI=1S/C10H12N4O4S2/c1-7-4-8(19(11,15)16)2-3-10(7)14-20(17,18)9-5-12-13-6-9/h2-6,14H,1H3,(H,12,13)(H2,11,15,16). The fraction of sp³-hybridized carbons (Fsp3) is 0.100. The minimum absolute atomic E-state index is 0.0209. The first-order chi connectivity index (χ1) is 9.20. The first-order valence-electron chi connectivity index (χ1n) is 5.35. The molecule has 0 aliphatic heterocycles. The summed E-state index contributed by atoms with van der Waals surface area (Å²) in [7, 11) is -7.59. The molecule has 0 spiro atoms. The van der Waals surface area contributed by atoms with Crippen LogP contribution in [0.15, 0.2) is 40.4 Å². The molecule has 0 unspecified atom stereocenters. The molecule has 0 radical (unpaired) electrons. The summed E-state index contributed by atoms with van der Waals surface area (Å²) >= 11 is 0. The summed E-state index contributed by atoms with van der Waals surface area (Å²) in [5, 5.41) is 11.0. The quantitative estimate of drug-likeness (QED) is 0.738. The second-order valence-corrected chi connectivity index (χ2v) is 7.31. The van der Waals surface area contributed by atoms with Crippen LogP contribution in [0.25, 0.3) is 0 Å². The second-order valence-electron chi connectivity index (χ2n) is 4.06. The zero-order valence-electron chi connectivity index (χ0n) is 10.4. The van der Waals surface area contributed by atoms with Crippen molar-refractivity contribution in [1.29, 1.82) is 0 Å². The van der Waals surface area contributed by atoms with E-state index in [1.165, 1.54) is 24.4 Å². The molecule has 2 rings (SSSR count). The minimum atomic E-state index is -3.82. The number of primary sulfonamides is 1. The maximum Gasteiger partial charge on any atom is 0.265 e. The predicted molar refractivity (Wildman–Crippen MR) is 71.9 cm³/mol. The average Bonchev–Trinajstić information content (AvgIpc) is 2.84. The first-order valence-corrected chi connectivity index (χ1v) is 8.38. The molecule has 1 aromatic heterocycles. The highest BCUT2D eigenvalue weighted by molar-refractivity contribution is 7.92. The summed E-state index contributed by atoms with van der Waals surface area (Å²) in [5.41, 5.74) is 0.696. The van der Waals surface area contributed by atoms with Gasteiger partial charge in [0.15, 0.2) is 0 Å². The van der Waals surface area contributed by atoms with Crippen molar-refractivity contribution in [3.05, 3.63) is 36.2 Å². The number of sulfonamides is 2. The zero-order chi connectivity index (χ0) is 15.0. The Kier molecular flexibility index (Phi) is 3.54. The highest BCUT2D eigenvalue weighted by Crippen LogP contribution is 2.21. The van der Waals surface area contributed by atoms with Crippen molar-refractivity contribution in [3.8, 4) is 0 Å². The zero-order valence-corrected chi connectivity index (χ0v) is 12.0. The van der Waals surface area contributed by atoms with Gasteiger partial charge in [-0.25, -0.2) is 22.0 Å². The average molecular weight is 316 g/mol. The molecule has 0 aliphatic rings. The van der Waals surface area contributed by atoms with Gasteiger partial charge in [0.1, 0.15) is 4.90 Å². The number of aromatic nitrogens is 2. The molecular formula is C10H12N4O4S2. The maximum atomic E-state index is 12.0. The Hall–Kier alpha value is -1.91. The van der Waals surface area contributed by atoms with Crippen LogP contribution in [-0.4, -0.2) is 27.0 Å². The van der Waals surface area contributed by atoms with Crippen LogP contribution in [0.4, 0.5) is 5.69 Å². The van der Waals surface area contributed by atoms with Gasteiger partial charge in [-0.3, -0.25) is 9.82 Å². The predicted octanol–water partition coefficient (Wildman–Crippen LogP) is 0.166. The Morgan fingerprint density at radius 3 is 2.40 bits per heavy atom. The number of nitrogens with two attached hydrogens (primary N) is 1. The number of rotatable bonds is 4. The Balaban J connectivity index is 2.37. The molecule has 10 heteroatoms. The SMILES string of the molecule is Cc1cc(S(N)(=O)=O)ccc1NS(=O)(=O)c1cn[nH]c1. The molecule has 0 fully saturated rings. The number of hydrogen-bond acceptors (Lipinski definition) is 5. The third-order valence-corrected chi connectivity index (χ3v) is 4.80. The molecule has 0 amide bonds. The molecule has 0 saturated carbocycles. The maximum absolute atomic E-state index is 12.0.